The Morgan fingerprint density at radius 2 is 1.86 bits per heavy atom. The van der Waals surface area contributed by atoms with Gasteiger partial charge in [0.2, 0.25) is 11.9 Å². The maximum absolute atomic E-state index is 13.6. The van der Waals surface area contributed by atoms with Crippen LogP contribution in [0.15, 0.2) is 36.0 Å². The summed E-state index contributed by atoms with van der Waals surface area (Å²) in [6, 6.07) is 6.21. The minimum Gasteiger partial charge on any atom is -0.342 e. The molecule has 0 saturated carbocycles. The number of carbonyl (C=O) groups is 1. The molecule has 5 heterocycles. The lowest BCUT2D eigenvalue weighted by Crippen LogP contribution is -2.52. The first-order valence-electron chi connectivity index (χ1n) is 10.7. The fourth-order valence-corrected chi connectivity index (χ4v) is 6.58. The number of thiophene rings is 1. The van der Waals surface area contributed by atoms with Crippen LogP contribution in [0.5, 0.6) is 0 Å². The second kappa shape index (κ2) is 7.36. The maximum atomic E-state index is 13.6. The Kier molecular flexibility index (Phi) is 4.82. The first-order chi connectivity index (χ1) is 14.2. The van der Waals surface area contributed by atoms with E-state index in [0.29, 0.717) is 5.91 Å². The standard InChI is InChI=1S/C22H29N5OS/c1-2-26-13-8-22(19(26)28)17-27(20-23-9-4-10-24-20)16-21(22)6-11-25(12-7-21)15-18-5-3-14-29-18/h3-5,9-10,14H,2,6-8,11-13,15-17H2,1H3. The molecular weight excluding hydrogens is 382 g/mol. The Hall–Kier alpha value is -1.99. The van der Waals surface area contributed by atoms with Crippen LogP contribution in [-0.2, 0) is 11.3 Å². The number of anilines is 1. The van der Waals surface area contributed by atoms with Gasteiger partial charge in [-0.3, -0.25) is 9.69 Å². The predicted octanol–water partition coefficient (Wildman–Crippen LogP) is 2.88. The summed E-state index contributed by atoms with van der Waals surface area (Å²) < 4.78 is 0. The molecule has 29 heavy (non-hydrogen) atoms. The lowest BCUT2D eigenvalue weighted by Gasteiger charge is -2.46. The van der Waals surface area contributed by atoms with Crippen LogP contribution in [0.2, 0.25) is 0 Å². The van der Waals surface area contributed by atoms with Crippen LogP contribution in [0.25, 0.3) is 0 Å². The average molecular weight is 412 g/mol. The topological polar surface area (TPSA) is 52.6 Å². The van der Waals surface area contributed by atoms with Gasteiger partial charge in [-0.25, -0.2) is 9.97 Å². The van der Waals surface area contributed by atoms with Crippen molar-refractivity contribution in [2.45, 2.75) is 32.7 Å². The summed E-state index contributed by atoms with van der Waals surface area (Å²) in [5.74, 6) is 1.14. The van der Waals surface area contributed by atoms with Gasteiger partial charge >= 0.3 is 0 Å². The number of hydrogen-bond donors (Lipinski definition) is 0. The van der Waals surface area contributed by atoms with Gasteiger partial charge in [-0.1, -0.05) is 6.07 Å². The van der Waals surface area contributed by atoms with E-state index in [9.17, 15) is 4.79 Å². The minimum absolute atomic E-state index is 0.0269. The Labute approximate surface area is 176 Å². The van der Waals surface area contributed by atoms with Gasteiger partial charge in [0.15, 0.2) is 0 Å². The van der Waals surface area contributed by atoms with Crippen LogP contribution in [0.3, 0.4) is 0 Å². The van der Waals surface area contributed by atoms with Crippen molar-refractivity contribution in [3.05, 3.63) is 40.8 Å². The van der Waals surface area contributed by atoms with Gasteiger partial charge in [0.25, 0.3) is 0 Å². The lowest BCUT2D eigenvalue weighted by molar-refractivity contribution is -0.142. The first-order valence-corrected chi connectivity index (χ1v) is 11.6. The van der Waals surface area contributed by atoms with Crippen molar-refractivity contribution in [2.24, 2.45) is 10.8 Å². The molecule has 5 rings (SSSR count). The molecule has 3 aliphatic heterocycles. The SMILES string of the molecule is CCN1CCC2(CN(c3ncccn3)CC23CCN(Cc2cccs2)CC3)C1=O. The molecule has 3 fully saturated rings. The molecule has 0 radical (unpaired) electrons. The summed E-state index contributed by atoms with van der Waals surface area (Å²) in [4.78, 5) is 30.9. The number of rotatable bonds is 4. The molecule has 2 aromatic rings. The maximum Gasteiger partial charge on any atom is 0.231 e. The van der Waals surface area contributed by atoms with Crippen molar-refractivity contribution < 1.29 is 4.79 Å². The smallest absolute Gasteiger partial charge is 0.231 e. The Morgan fingerprint density at radius 1 is 1.07 bits per heavy atom. The molecule has 0 aromatic carbocycles. The highest BCUT2D eigenvalue weighted by molar-refractivity contribution is 7.09. The van der Waals surface area contributed by atoms with Crippen molar-refractivity contribution >= 4 is 23.2 Å². The van der Waals surface area contributed by atoms with E-state index < -0.39 is 0 Å². The van der Waals surface area contributed by atoms with Crippen LogP contribution < -0.4 is 4.90 Å². The zero-order valence-corrected chi connectivity index (χ0v) is 17.9. The van der Waals surface area contributed by atoms with E-state index in [-0.39, 0.29) is 10.8 Å². The van der Waals surface area contributed by atoms with E-state index in [1.54, 1.807) is 12.4 Å². The minimum atomic E-state index is -0.281. The van der Waals surface area contributed by atoms with Gasteiger partial charge in [0.05, 0.1) is 5.41 Å². The van der Waals surface area contributed by atoms with E-state index >= 15 is 0 Å². The summed E-state index contributed by atoms with van der Waals surface area (Å²) >= 11 is 1.83. The van der Waals surface area contributed by atoms with Gasteiger partial charge in [0.1, 0.15) is 0 Å². The number of nitrogens with zero attached hydrogens (tertiary/aromatic N) is 5. The van der Waals surface area contributed by atoms with Gasteiger partial charge in [-0.2, -0.15) is 0 Å². The summed E-state index contributed by atoms with van der Waals surface area (Å²) in [6.45, 7) is 8.60. The van der Waals surface area contributed by atoms with Crippen molar-refractivity contribution in [1.82, 2.24) is 19.8 Å². The third kappa shape index (κ3) is 3.06. The molecule has 3 aliphatic rings. The summed E-state index contributed by atoms with van der Waals surface area (Å²) in [5.41, 5.74) is -0.254. The van der Waals surface area contributed by atoms with Crippen molar-refractivity contribution in [3.8, 4) is 0 Å². The van der Waals surface area contributed by atoms with E-state index in [2.05, 4.69) is 49.1 Å². The number of carbonyl (C=O) groups excluding carboxylic acids is 1. The number of fused-ring (bicyclic) bond motifs is 1. The van der Waals surface area contributed by atoms with Crippen molar-refractivity contribution in [3.63, 3.8) is 0 Å². The first kappa shape index (κ1) is 19.0. The van der Waals surface area contributed by atoms with Gasteiger partial charge < -0.3 is 9.80 Å². The molecule has 1 atom stereocenters. The molecule has 0 N–H and O–H groups in total. The van der Waals surface area contributed by atoms with Crippen molar-refractivity contribution in [2.75, 3.05) is 44.2 Å². The van der Waals surface area contributed by atoms with E-state index in [1.807, 2.05) is 17.4 Å². The van der Waals surface area contributed by atoms with Crippen LogP contribution in [-0.4, -0.2) is 64.9 Å². The van der Waals surface area contributed by atoms with Crippen LogP contribution in [0.4, 0.5) is 5.95 Å². The Bertz CT molecular complexity index is 849. The molecule has 6 nitrogen and oxygen atoms in total. The van der Waals surface area contributed by atoms with Crippen LogP contribution in [0.1, 0.15) is 31.1 Å². The second-order valence-corrected chi connectivity index (χ2v) is 9.79. The molecule has 1 amide bonds. The van der Waals surface area contributed by atoms with Gasteiger partial charge in [-0.15, -0.1) is 11.3 Å². The third-order valence-electron chi connectivity index (χ3n) is 7.46. The molecule has 3 saturated heterocycles. The Morgan fingerprint density at radius 3 is 2.52 bits per heavy atom. The highest BCUT2D eigenvalue weighted by Gasteiger charge is 2.65. The predicted molar refractivity (Wildman–Crippen MR) is 115 cm³/mol. The number of aromatic nitrogens is 2. The fourth-order valence-electron chi connectivity index (χ4n) is 5.84. The summed E-state index contributed by atoms with van der Waals surface area (Å²) in [6.07, 6.45) is 6.72. The molecule has 154 valence electrons. The quantitative estimate of drug-likeness (QED) is 0.774. The molecular formula is C22H29N5OS. The highest BCUT2D eigenvalue weighted by atomic mass is 32.1. The largest absolute Gasteiger partial charge is 0.342 e. The van der Waals surface area contributed by atoms with E-state index in [1.165, 1.54) is 4.88 Å². The lowest BCUT2D eigenvalue weighted by atomic mass is 9.60. The highest BCUT2D eigenvalue weighted by Crippen LogP contribution is 2.58. The number of hydrogen-bond acceptors (Lipinski definition) is 6. The monoisotopic (exact) mass is 411 g/mol. The molecule has 2 aromatic heterocycles. The number of likely N-dealkylation sites (tertiary alicyclic amines) is 2. The Balaban J connectivity index is 1.41. The normalized spacial score (nSPS) is 26.9. The molecule has 7 heteroatoms. The zero-order chi connectivity index (χ0) is 19.9. The fraction of sp³-hybridized carbons (Fsp3) is 0.591. The third-order valence-corrected chi connectivity index (χ3v) is 8.33. The number of piperidine rings is 1. The molecule has 0 bridgehead atoms. The molecule has 1 unspecified atom stereocenters. The summed E-state index contributed by atoms with van der Waals surface area (Å²) in [7, 11) is 0. The van der Waals surface area contributed by atoms with Gasteiger partial charge in [-0.05, 0) is 56.8 Å². The summed E-state index contributed by atoms with van der Waals surface area (Å²) in [5, 5.41) is 2.15. The molecule has 2 spiro atoms. The van der Waals surface area contributed by atoms with Crippen molar-refractivity contribution in [1.29, 1.82) is 0 Å². The number of amides is 1. The second-order valence-electron chi connectivity index (χ2n) is 8.76. The van der Waals surface area contributed by atoms with Gasteiger partial charge in [0, 0.05) is 55.4 Å². The van der Waals surface area contributed by atoms with Crippen LogP contribution >= 0.6 is 11.3 Å². The van der Waals surface area contributed by atoms with E-state index in [4.69, 9.17) is 0 Å². The molecule has 0 aliphatic carbocycles. The van der Waals surface area contributed by atoms with E-state index in [0.717, 1.165) is 71.0 Å². The average Bonchev–Trinajstić information content (AvgIpc) is 3.46. The zero-order valence-electron chi connectivity index (χ0n) is 17.1. The van der Waals surface area contributed by atoms with Crippen LogP contribution in [0, 0.1) is 10.8 Å².